The fourth-order valence-electron chi connectivity index (χ4n) is 6.36. The molecule has 5 nitrogen and oxygen atoms in total. The third kappa shape index (κ3) is 3.01. The van der Waals surface area contributed by atoms with E-state index in [1.54, 1.807) is 6.07 Å². The lowest BCUT2D eigenvalue weighted by molar-refractivity contribution is -0.175. The summed E-state index contributed by atoms with van der Waals surface area (Å²) in [6.45, 7) is 1.09. The summed E-state index contributed by atoms with van der Waals surface area (Å²) in [5.41, 5.74) is 6.47. The van der Waals surface area contributed by atoms with Gasteiger partial charge in [0, 0.05) is 5.70 Å². The molecule has 4 aliphatic carbocycles. The molecule has 0 heterocycles. The first-order valence-corrected chi connectivity index (χ1v) is 10.00. The Hall–Kier alpha value is -2.61. The summed E-state index contributed by atoms with van der Waals surface area (Å²) in [4.78, 5) is 25.3. The molecule has 5 rings (SSSR count). The maximum absolute atomic E-state index is 13.2. The van der Waals surface area contributed by atoms with Crippen LogP contribution in [0.15, 0.2) is 41.6 Å². The molecule has 2 N–H and O–H groups in total. The number of ether oxygens (including phenoxy) is 1. The van der Waals surface area contributed by atoms with Crippen LogP contribution in [0.5, 0.6) is 0 Å². The third-order valence-electron chi connectivity index (χ3n) is 7.00. The van der Waals surface area contributed by atoms with Crippen LogP contribution in [0.3, 0.4) is 0 Å². The van der Waals surface area contributed by atoms with Gasteiger partial charge in [-0.05, 0) is 68.3 Å². The van der Waals surface area contributed by atoms with Crippen molar-refractivity contribution < 1.29 is 14.3 Å². The van der Waals surface area contributed by atoms with Gasteiger partial charge in [-0.2, -0.15) is 5.26 Å². The Morgan fingerprint density at radius 2 is 1.82 bits per heavy atom. The van der Waals surface area contributed by atoms with Crippen LogP contribution in [0.2, 0.25) is 0 Å². The molecule has 5 heteroatoms. The van der Waals surface area contributed by atoms with Crippen molar-refractivity contribution in [2.75, 3.05) is 6.61 Å². The van der Waals surface area contributed by atoms with Crippen molar-refractivity contribution in [2.24, 2.45) is 23.0 Å². The molecule has 1 aromatic carbocycles. The fraction of sp³-hybridized carbons (Fsp3) is 0.522. The van der Waals surface area contributed by atoms with Gasteiger partial charge in [-0.25, -0.2) is 0 Å². The number of hydrogen-bond acceptors (Lipinski definition) is 5. The van der Waals surface area contributed by atoms with Gasteiger partial charge in [0.25, 0.3) is 0 Å². The molecule has 28 heavy (non-hydrogen) atoms. The molecular formula is C23H26N2O3. The zero-order valence-corrected chi connectivity index (χ0v) is 16.2. The number of nitrogens with two attached hydrogens (primary N) is 1. The lowest BCUT2D eigenvalue weighted by Crippen LogP contribution is -2.57. The monoisotopic (exact) mass is 378 g/mol. The van der Waals surface area contributed by atoms with E-state index in [1.165, 1.54) is 18.9 Å². The number of benzene rings is 1. The van der Waals surface area contributed by atoms with Crippen LogP contribution in [0.4, 0.5) is 0 Å². The average Bonchev–Trinajstić information content (AvgIpc) is 2.66. The van der Waals surface area contributed by atoms with Crippen molar-refractivity contribution in [3.05, 3.63) is 47.2 Å². The van der Waals surface area contributed by atoms with Gasteiger partial charge in [0.05, 0.1) is 5.41 Å². The van der Waals surface area contributed by atoms with E-state index in [2.05, 4.69) is 24.3 Å². The van der Waals surface area contributed by atoms with Crippen LogP contribution >= 0.6 is 0 Å². The van der Waals surface area contributed by atoms with Gasteiger partial charge in [-0.3, -0.25) is 9.59 Å². The van der Waals surface area contributed by atoms with Crippen molar-refractivity contribution in [1.82, 2.24) is 0 Å². The maximum atomic E-state index is 13.2. The summed E-state index contributed by atoms with van der Waals surface area (Å²) in [7, 11) is 0. The molecule has 0 amide bonds. The normalized spacial score (nSPS) is 33.7. The Labute approximate surface area is 165 Å². The number of hydrogen-bond donors (Lipinski definition) is 1. The topological polar surface area (TPSA) is 93.2 Å². The van der Waals surface area contributed by atoms with Crippen molar-refractivity contribution in [3.8, 4) is 6.07 Å². The molecular weight excluding hydrogens is 352 g/mol. The maximum Gasteiger partial charge on any atom is 0.312 e. The number of carbonyl (C=O) groups excluding carboxylic acids is 2. The second-order valence-electron chi connectivity index (χ2n) is 9.06. The van der Waals surface area contributed by atoms with Gasteiger partial charge in [0.15, 0.2) is 6.61 Å². The molecule has 0 radical (unpaired) electrons. The summed E-state index contributed by atoms with van der Waals surface area (Å²) < 4.78 is 5.47. The quantitative estimate of drug-likeness (QED) is 0.481. The Kier molecular flexibility index (Phi) is 4.53. The standard InChI is InChI=1S/C23H26N2O3/c1-15(25)19(12-24)20(26)13-28-21(27)23-10-16-7-17(11-23)9-22(8-16,14-23)18-5-3-2-4-6-18/h2-6,16-17H,7-11,13-14,25H2,1H3. The highest BCUT2D eigenvalue weighted by atomic mass is 16.5. The van der Waals surface area contributed by atoms with E-state index in [1.807, 2.05) is 6.07 Å². The minimum absolute atomic E-state index is 0.0416. The molecule has 4 saturated carbocycles. The lowest BCUT2D eigenvalue weighted by atomic mass is 9.43. The molecule has 2 atom stereocenters. The predicted octanol–water partition coefficient (Wildman–Crippen LogP) is 3.39. The molecule has 1 aromatic rings. The number of allylic oxidation sites excluding steroid dienone is 1. The second-order valence-corrected chi connectivity index (χ2v) is 9.06. The lowest BCUT2D eigenvalue weighted by Gasteiger charge is -2.61. The minimum atomic E-state index is -0.529. The van der Waals surface area contributed by atoms with Crippen LogP contribution in [0.1, 0.15) is 51.0 Å². The van der Waals surface area contributed by atoms with Gasteiger partial charge < -0.3 is 10.5 Å². The molecule has 0 saturated heterocycles. The van der Waals surface area contributed by atoms with E-state index in [0.29, 0.717) is 11.8 Å². The van der Waals surface area contributed by atoms with E-state index in [9.17, 15) is 9.59 Å². The Bertz CT molecular complexity index is 863. The second kappa shape index (κ2) is 6.77. The Morgan fingerprint density at radius 3 is 2.39 bits per heavy atom. The largest absolute Gasteiger partial charge is 0.457 e. The van der Waals surface area contributed by atoms with Gasteiger partial charge in [-0.1, -0.05) is 30.3 Å². The molecule has 4 bridgehead atoms. The van der Waals surface area contributed by atoms with Gasteiger partial charge in [0.1, 0.15) is 11.6 Å². The van der Waals surface area contributed by atoms with Crippen molar-refractivity contribution in [3.63, 3.8) is 0 Å². The van der Waals surface area contributed by atoms with Crippen molar-refractivity contribution in [2.45, 2.75) is 50.9 Å². The van der Waals surface area contributed by atoms with Crippen LogP contribution in [-0.2, 0) is 19.7 Å². The summed E-state index contributed by atoms with van der Waals surface area (Å²) >= 11 is 0. The Morgan fingerprint density at radius 1 is 1.18 bits per heavy atom. The molecule has 0 aliphatic heterocycles. The first kappa shape index (κ1) is 18.7. The summed E-state index contributed by atoms with van der Waals surface area (Å²) in [6.07, 6.45) is 5.95. The van der Waals surface area contributed by atoms with Crippen LogP contribution in [0, 0.1) is 28.6 Å². The first-order valence-electron chi connectivity index (χ1n) is 10.00. The number of Topliss-reactive ketones (excluding diaryl/α,β-unsaturated/α-hetero) is 1. The van der Waals surface area contributed by atoms with Crippen molar-refractivity contribution in [1.29, 1.82) is 5.26 Å². The van der Waals surface area contributed by atoms with Crippen LogP contribution in [-0.4, -0.2) is 18.4 Å². The molecule has 2 unspecified atom stereocenters. The number of nitrogens with zero attached hydrogens (tertiary/aromatic N) is 1. The number of carbonyl (C=O) groups is 2. The van der Waals surface area contributed by atoms with E-state index >= 15 is 0 Å². The van der Waals surface area contributed by atoms with Crippen molar-refractivity contribution >= 4 is 11.8 Å². The first-order chi connectivity index (χ1) is 13.4. The van der Waals surface area contributed by atoms with Crippen LogP contribution < -0.4 is 5.73 Å². The highest BCUT2D eigenvalue weighted by Crippen LogP contribution is 2.66. The molecule has 0 aromatic heterocycles. The number of rotatable bonds is 5. The van der Waals surface area contributed by atoms with E-state index < -0.39 is 17.8 Å². The zero-order valence-electron chi connectivity index (χ0n) is 16.2. The molecule has 4 aliphatic rings. The summed E-state index contributed by atoms with van der Waals surface area (Å²) in [6, 6.07) is 12.3. The molecule has 0 spiro atoms. The number of ketones is 1. The van der Waals surface area contributed by atoms with Gasteiger partial charge in [0.2, 0.25) is 5.78 Å². The van der Waals surface area contributed by atoms with Gasteiger partial charge in [-0.15, -0.1) is 0 Å². The molecule has 4 fully saturated rings. The number of nitriles is 1. The SMILES string of the molecule is CC(N)=C(C#N)C(=O)COC(=O)C12CC3CC(C1)CC(c1ccccc1)(C3)C2. The summed E-state index contributed by atoms with van der Waals surface area (Å²) in [5.74, 6) is 0.261. The highest BCUT2D eigenvalue weighted by Gasteiger charge is 2.61. The van der Waals surface area contributed by atoms with Crippen LogP contribution in [0.25, 0.3) is 0 Å². The van der Waals surface area contributed by atoms with E-state index in [0.717, 1.165) is 32.1 Å². The summed E-state index contributed by atoms with van der Waals surface area (Å²) in [5, 5.41) is 9.07. The molecule has 146 valence electrons. The Balaban J connectivity index is 1.55. The number of esters is 1. The zero-order chi connectivity index (χ0) is 19.9. The smallest absolute Gasteiger partial charge is 0.312 e. The van der Waals surface area contributed by atoms with E-state index in [-0.39, 0.29) is 22.7 Å². The van der Waals surface area contributed by atoms with Gasteiger partial charge >= 0.3 is 5.97 Å². The third-order valence-corrected chi connectivity index (χ3v) is 7.00. The predicted molar refractivity (Wildman–Crippen MR) is 104 cm³/mol. The van der Waals surface area contributed by atoms with E-state index in [4.69, 9.17) is 15.7 Å². The highest BCUT2D eigenvalue weighted by molar-refractivity contribution is 6.01. The average molecular weight is 378 g/mol. The minimum Gasteiger partial charge on any atom is -0.457 e. The fourth-order valence-corrected chi connectivity index (χ4v) is 6.36.